The summed E-state index contributed by atoms with van der Waals surface area (Å²) < 4.78 is 0. The maximum atomic E-state index is 12.2. The molecule has 3 rings (SSSR count). The fourth-order valence-electron chi connectivity index (χ4n) is 2.06. The summed E-state index contributed by atoms with van der Waals surface area (Å²) >= 11 is 7.38. The number of nitro groups is 1. The first-order valence-electron chi connectivity index (χ1n) is 7.12. The van der Waals surface area contributed by atoms with Crippen molar-refractivity contribution in [3.8, 4) is 10.7 Å². The Balaban J connectivity index is 1.70. The van der Waals surface area contributed by atoms with Crippen molar-refractivity contribution in [2.45, 2.75) is 6.54 Å². The van der Waals surface area contributed by atoms with Crippen LogP contribution in [0.4, 0.5) is 5.69 Å². The quantitative estimate of drug-likeness (QED) is 0.542. The van der Waals surface area contributed by atoms with Crippen molar-refractivity contribution in [2.24, 2.45) is 0 Å². The van der Waals surface area contributed by atoms with Crippen molar-refractivity contribution in [3.63, 3.8) is 0 Å². The number of pyridine rings is 1. The highest BCUT2D eigenvalue weighted by Gasteiger charge is 2.16. The monoisotopic (exact) mass is 374 g/mol. The highest BCUT2D eigenvalue weighted by molar-refractivity contribution is 7.13. The summed E-state index contributed by atoms with van der Waals surface area (Å²) in [6, 6.07) is 9.27. The van der Waals surface area contributed by atoms with Gasteiger partial charge in [0.05, 0.1) is 33.4 Å². The van der Waals surface area contributed by atoms with E-state index in [4.69, 9.17) is 11.6 Å². The molecular formula is C16H11ClN4O3S. The number of carbonyl (C=O) groups excluding carboxylic acids is 1. The molecule has 0 aliphatic heterocycles. The number of nitrogens with one attached hydrogen (secondary N) is 1. The number of carbonyl (C=O) groups is 1. The van der Waals surface area contributed by atoms with Gasteiger partial charge in [-0.25, -0.2) is 4.98 Å². The molecule has 2 aromatic heterocycles. The molecule has 0 bridgehead atoms. The van der Waals surface area contributed by atoms with Crippen LogP contribution in [0.25, 0.3) is 10.7 Å². The van der Waals surface area contributed by atoms with Crippen molar-refractivity contribution >= 4 is 34.5 Å². The van der Waals surface area contributed by atoms with Gasteiger partial charge in [-0.3, -0.25) is 19.9 Å². The van der Waals surface area contributed by atoms with E-state index in [-0.39, 0.29) is 22.8 Å². The topological polar surface area (TPSA) is 98.0 Å². The van der Waals surface area contributed by atoms with Crippen molar-refractivity contribution in [3.05, 3.63) is 74.4 Å². The van der Waals surface area contributed by atoms with E-state index >= 15 is 0 Å². The van der Waals surface area contributed by atoms with E-state index in [1.54, 1.807) is 6.20 Å². The molecule has 0 aliphatic rings. The zero-order valence-corrected chi connectivity index (χ0v) is 14.3. The van der Waals surface area contributed by atoms with E-state index in [0.29, 0.717) is 5.69 Å². The van der Waals surface area contributed by atoms with Gasteiger partial charge >= 0.3 is 0 Å². The Morgan fingerprint density at radius 2 is 2.16 bits per heavy atom. The Labute approximate surface area is 151 Å². The molecule has 0 radical (unpaired) electrons. The first-order chi connectivity index (χ1) is 12.0. The van der Waals surface area contributed by atoms with E-state index < -0.39 is 10.8 Å². The molecule has 9 heteroatoms. The smallest absolute Gasteiger partial charge is 0.270 e. The fraction of sp³-hybridized carbons (Fsp3) is 0.0625. The van der Waals surface area contributed by atoms with E-state index in [2.05, 4.69) is 15.3 Å². The van der Waals surface area contributed by atoms with Crippen molar-refractivity contribution < 1.29 is 9.72 Å². The highest BCUT2D eigenvalue weighted by Crippen LogP contribution is 2.23. The Morgan fingerprint density at radius 1 is 1.32 bits per heavy atom. The molecule has 1 amide bonds. The first kappa shape index (κ1) is 17.0. The molecule has 1 aromatic carbocycles. The highest BCUT2D eigenvalue weighted by atomic mass is 35.5. The van der Waals surface area contributed by atoms with Crippen LogP contribution in [0.1, 0.15) is 16.1 Å². The molecule has 7 nitrogen and oxygen atoms in total. The maximum absolute atomic E-state index is 12.2. The number of non-ortho nitro benzene ring substituents is 1. The molecule has 0 saturated heterocycles. The van der Waals surface area contributed by atoms with Crippen LogP contribution >= 0.6 is 22.9 Å². The minimum absolute atomic E-state index is 0.0519. The summed E-state index contributed by atoms with van der Waals surface area (Å²) in [4.78, 5) is 31.1. The molecule has 25 heavy (non-hydrogen) atoms. The van der Waals surface area contributed by atoms with Crippen LogP contribution in [-0.4, -0.2) is 20.8 Å². The molecule has 0 unspecified atom stereocenters. The fourth-order valence-corrected chi connectivity index (χ4v) is 3.06. The summed E-state index contributed by atoms with van der Waals surface area (Å²) in [5, 5.41) is 16.2. The number of nitrogens with zero attached hydrogens (tertiary/aromatic N) is 3. The number of aromatic nitrogens is 2. The summed E-state index contributed by atoms with van der Waals surface area (Å²) in [6.45, 7) is 0.182. The maximum Gasteiger partial charge on any atom is 0.270 e. The number of rotatable bonds is 5. The zero-order valence-electron chi connectivity index (χ0n) is 12.7. The Bertz CT molecular complexity index is 930. The largest absolute Gasteiger partial charge is 0.346 e. The third-order valence-electron chi connectivity index (χ3n) is 3.27. The predicted molar refractivity (Wildman–Crippen MR) is 94.6 cm³/mol. The number of hydrogen-bond donors (Lipinski definition) is 1. The van der Waals surface area contributed by atoms with Crippen molar-refractivity contribution in [1.29, 1.82) is 0 Å². The SMILES string of the molecule is O=C(NCc1csc(-c2ccccn2)n1)c1cc([N+](=O)[O-])ccc1Cl. The van der Waals surface area contributed by atoms with Gasteiger partial charge in [-0.1, -0.05) is 17.7 Å². The molecule has 0 saturated carbocycles. The number of thiazole rings is 1. The first-order valence-corrected chi connectivity index (χ1v) is 8.38. The summed E-state index contributed by atoms with van der Waals surface area (Å²) in [5.74, 6) is -0.499. The lowest BCUT2D eigenvalue weighted by Gasteiger charge is -2.05. The molecule has 0 spiro atoms. The van der Waals surface area contributed by atoms with Crippen LogP contribution in [0, 0.1) is 10.1 Å². The minimum atomic E-state index is -0.577. The second-order valence-corrected chi connectivity index (χ2v) is 6.23. The van der Waals surface area contributed by atoms with Crippen LogP contribution in [0.15, 0.2) is 48.0 Å². The summed E-state index contributed by atoms with van der Waals surface area (Å²) in [5.41, 5.74) is 1.28. The number of amides is 1. The predicted octanol–water partition coefficient (Wildman–Crippen LogP) is 3.70. The average Bonchev–Trinajstić information content (AvgIpc) is 3.09. The average molecular weight is 375 g/mol. The van der Waals surface area contributed by atoms with Gasteiger partial charge in [-0.2, -0.15) is 0 Å². The van der Waals surface area contributed by atoms with Gasteiger partial charge in [0.15, 0.2) is 0 Å². The van der Waals surface area contributed by atoms with E-state index in [1.165, 1.54) is 23.5 Å². The zero-order chi connectivity index (χ0) is 17.8. The van der Waals surface area contributed by atoms with Crippen molar-refractivity contribution in [2.75, 3.05) is 0 Å². The molecule has 0 atom stereocenters. The number of halogens is 1. The Morgan fingerprint density at radius 3 is 2.88 bits per heavy atom. The lowest BCUT2D eigenvalue weighted by atomic mass is 10.2. The second-order valence-electron chi connectivity index (χ2n) is 4.96. The van der Waals surface area contributed by atoms with E-state index in [0.717, 1.165) is 16.8 Å². The Hall–Kier alpha value is -2.84. The molecule has 2 heterocycles. The molecular weight excluding hydrogens is 364 g/mol. The van der Waals surface area contributed by atoms with Crippen LogP contribution in [0.5, 0.6) is 0 Å². The van der Waals surface area contributed by atoms with Gasteiger partial charge < -0.3 is 5.32 Å². The third-order valence-corrected chi connectivity index (χ3v) is 4.51. The van der Waals surface area contributed by atoms with Crippen LogP contribution < -0.4 is 5.32 Å². The van der Waals surface area contributed by atoms with Crippen LogP contribution in [0.2, 0.25) is 5.02 Å². The molecule has 0 fully saturated rings. The Kier molecular flexibility index (Phi) is 5.01. The molecule has 3 aromatic rings. The second kappa shape index (κ2) is 7.37. The summed E-state index contributed by atoms with van der Waals surface area (Å²) in [6.07, 6.45) is 1.68. The lowest BCUT2D eigenvalue weighted by molar-refractivity contribution is -0.384. The molecule has 0 aliphatic carbocycles. The molecule has 1 N–H and O–H groups in total. The van der Waals surface area contributed by atoms with E-state index in [1.807, 2.05) is 23.6 Å². The van der Waals surface area contributed by atoms with Gasteiger partial charge in [0, 0.05) is 23.7 Å². The van der Waals surface area contributed by atoms with Gasteiger partial charge in [0.25, 0.3) is 11.6 Å². The number of nitro benzene ring substituents is 1. The normalized spacial score (nSPS) is 10.4. The third kappa shape index (κ3) is 3.98. The standard InChI is InChI=1S/C16H11ClN4O3S/c17-13-5-4-11(21(23)24)7-12(13)15(22)19-8-10-9-25-16(20-10)14-3-1-2-6-18-14/h1-7,9H,8H2,(H,19,22). The lowest BCUT2D eigenvalue weighted by Crippen LogP contribution is -2.23. The summed E-state index contributed by atoms with van der Waals surface area (Å²) in [7, 11) is 0. The molecule has 126 valence electrons. The van der Waals surface area contributed by atoms with Crippen molar-refractivity contribution in [1.82, 2.24) is 15.3 Å². The van der Waals surface area contributed by atoms with Crippen LogP contribution in [-0.2, 0) is 6.54 Å². The van der Waals surface area contributed by atoms with Gasteiger partial charge in [-0.15, -0.1) is 11.3 Å². The minimum Gasteiger partial charge on any atom is -0.346 e. The van der Waals surface area contributed by atoms with Gasteiger partial charge in [-0.05, 0) is 18.2 Å². The number of benzene rings is 1. The van der Waals surface area contributed by atoms with E-state index in [9.17, 15) is 14.9 Å². The van der Waals surface area contributed by atoms with Gasteiger partial charge in [0.2, 0.25) is 0 Å². The van der Waals surface area contributed by atoms with Crippen LogP contribution in [0.3, 0.4) is 0 Å². The number of hydrogen-bond acceptors (Lipinski definition) is 6. The van der Waals surface area contributed by atoms with Gasteiger partial charge in [0.1, 0.15) is 5.01 Å².